The molecule has 0 aliphatic carbocycles. The van der Waals surface area contributed by atoms with Gasteiger partial charge in [0.15, 0.2) is 0 Å². The fourth-order valence-electron chi connectivity index (χ4n) is 2.83. The normalized spacial score (nSPS) is 20.0. The highest BCUT2D eigenvalue weighted by Crippen LogP contribution is 2.28. The monoisotopic (exact) mass is 304 g/mol. The van der Waals surface area contributed by atoms with Crippen LogP contribution in [0.4, 0.5) is 8.78 Å². The lowest BCUT2D eigenvalue weighted by atomic mass is 10.1. The molecule has 1 aromatic heterocycles. The number of nitrogens with zero attached hydrogens (tertiary/aromatic N) is 2. The second-order valence-electron chi connectivity index (χ2n) is 5.53. The van der Waals surface area contributed by atoms with Gasteiger partial charge in [0.05, 0.1) is 0 Å². The summed E-state index contributed by atoms with van der Waals surface area (Å²) in [6.07, 6.45) is 2.60. The Kier molecular flexibility index (Phi) is 4.34. The van der Waals surface area contributed by atoms with Gasteiger partial charge in [-0.05, 0) is 25.5 Å². The van der Waals surface area contributed by atoms with Gasteiger partial charge in [-0.1, -0.05) is 12.1 Å². The van der Waals surface area contributed by atoms with Gasteiger partial charge >= 0.3 is 0 Å². The van der Waals surface area contributed by atoms with Crippen LogP contribution in [0.25, 0.3) is 0 Å². The lowest BCUT2D eigenvalue weighted by molar-refractivity contribution is 0.176. The van der Waals surface area contributed by atoms with Gasteiger partial charge in [0.1, 0.15) is 17.7 Å². The molecule has 1 aromatic carbocycles. The van der Waals surface area contributed by atoms with Crippen LogP contribution in [0, 0.1) is 11.6 Å². The Balaban J connectivity index is 1.64. The first-order chi connectivity index (χ1) is 10.6. The molecule has 2 heterocycles. The Hall–Kier alpha value is -2.01. The van der Waals surface area contributed by atoms with Crippen molar-refractivity contribution in [3.8, 4) is 5.88 Å². The number of likely N-dealkylation sites (tertiary alicyclic amines) is 1. The molecule has 2 aromatic rings. The van der Waals surface area contributed by atoms with Crippen LogP contribution >= 0.6 is 0 Å². The summed E-state index contributed by atoms with van der Waals surface area (Å²) in [5.41, 5.74) is 0.514. The summed E-state index contributed by atoms with van der Waals surface area (Å²) in [6, 6.07) is 9.18. The van der Waals surface area contributed by atoms with E-state index in [0.717, 1.165) is 19.0 Å². The van der Waals surface area contributed by atoms with Gasteiger partial charge in [0, 0.05) is 43.0 Å². The zero-order valence-electron chi connectivity index (χ0n) is 12.4. The van der Waals surface area contributed by atoms with E-state index < -0.39 is 11.6 Å². The van der Waals surface area contributed by atoms with E-state index in [2.05, 4.69) is 9.88 Å². The van der Waals surface area contributed by atoms with E-state index in [1.165, 1.54) is 12.1 Å². The number of halogens is 2. The largest absolute Gasteiger partial charge is 0.473 e. The number of hydrogen-bond donors (Lipinski definition) is 0. The molecule has 3 rings (SSSR count). The van der Waals surface area contributed by atoms with Crippen molar-refractivity contribution in [1.29, 1.82) is 0 Å². The van der Waals surface area contributed by atoms with Crippen LogP contribution in [0.1, 0.15) is 24.9 Å². The number of benzene rings is 1. The first kappa shape index (κ1) is 14.9. The lowest BCUT2D eigenvalue weighted by Crippen LogP contribution is -2.28. The van der Waals surface area contributed by atoms with Gasteiger partial charge in [0.2, 0.25) is 5.88 Å². The number of aromatic nitrogens is 1. The minimum absolute atomic E-state index is 0.0425. The number of pyridine rings is 1. The molecule has 0 amide bonds. The molecule has 22 heavy (non-hydrogen) atoms. The van der Waals surface area contributed by atoms with Crippen molar-refractivity contribution < 1.29 is 13.5 Å². The smallest absolute Gasteiger partial charge is 0.213 e. The number of ether oxygens (including phenoxy) is 1. The second kappa shape index (κ2) is 6.40. The van der Waals surface area contributed by atoms with E-state index in [1.807, 2.05) is 25.1 Å². The fourth-order valence-corrected chi connectivity index (χ4v) is 2.83. The molecule has 0 spiro atoms. The minimum atomic E-state index is -0.550. The van der Waals surface area contributed by atoms with Crippen molar-refractivity contribution >= 4 is 0 Å². The third kappa shape index (κ3) is 3.25. The van der Waals surface area contributed by atoms with Crippen LogP contribution < -0.4 is 4.74 Å². The van der Waals surface area contributed by atoms with Gasteiger partial charge in [-0.3, -0.25) is 4.90 Å². The topological polar surface area (TPSA) is 25.4 Å². The third-order valence-electron chi connectivity index (χ3n) is 4.06. The molecule has 1 aliphatic rings. The van der Waals surface area contributed by atoms with Gasteiger partial charge in [-0.15, -0.1) is 0 Å². The summed E-state index contributed by atoms with van der Waals surface area (Å²) in [5.74, 6) is -0.442. The highest BCUT2D eigenvalue weighted by Gasteiger charge is 2.29. The van der Waals surface area contributed by atoms with Crippen molar-refractivity contribution in [1.82, 2.24) is 9.88 Å². The molecule has 0 unspecified atom stereocenters. The molecule has 0 N–H and O–H groups in total. The van der Waals surface area contributed by atoms with Gasteiger partial charge in [-0.2, -0.15) is 0 Å². The highest BCUT2D eigenvalue weighted by atomic mass is 19.1. The summed E-state index contributed by atoms with van der Waals surface area (Å²) >= 11 is 0. The van der Waals surface area contributed by atoms with Crippen LogP contribution in [-0.2, 0) is 0 Å². The Morgan fingerprint density at radius 2 is 2.14 bits per heavy atom. The van der Waals surface area contributed by atoms with Crippen LogP contribution in [0.3, 0.4) is 0 Å². The van der Waals surface area contributed by atoms with E-state index in [1.54, 1.807) is 6.20 Å². The molecular formula is C17H18F2N2O. The standard InChI is InChI=1S/C17H18F2N2O/c1-12(15-6-5-13(18)10-16(15)19)21-9-7-14(11-21)22-17-4-2-3-8-20-17/h2-6,8,10,12,14H,7,9,11H2,1H3/t12-,14-/m1/s1. The predicted octanol–water partition coefficient (Wildman–Crippen LogP) is 3.57. The Labute approximate surface area is 128 Å². The SMILES string of the molecule is C[C@H](c1ccc(F)cc1F)N1CC[C@@H](Oc2ccccn2)C1. The first-order valence-electron chi connectivity index (χ1n) is 7.40. The molecule has 1 fully saturated rings. The molecule has 1 saturated heterocycles. The van der Waals surface area contributed by atoms with Gasteiger partial charge < -0.3 is 4.74 Å². The average Bonchev–Trinajstić information content (AvgIpc) is 2.96. The summed E-state index contributed by atoms with van der Waals surface area (Å²) < 4.78 is 32.7. The van der Waals surface area contributed by atoms with Crippen molar-refractivity contribution in [3.05, 3.63) is 59.8 Å². The molecular weight excluding hydrogens is 286 g/mol. The van der Waals surface area contributed by atoms with Crippen LogP contribution in [0.2, 0.25) is 0 Å². The molecule has 3 nitrogen and oxygen atoms in total. The molecule has 0 bridgehead atoms. The van der Waals surface area contributed by atoms with E-state index in [4.69, 9.17) is 4.74 Å². The number of hydrogen-bond acceptors (Lipinski definition) is 3. The summed E-state index contributed by atoms with van der Waals surface area (Å²) in [4.78, 5) is 6.29. The van der Waals surface area contributed by atoms with E-state index in [0.29, 0.717) is 18.0 Å². The quantitative estimate of drug-likeness (QED) is 0.863. The summed E-state index contributed by atoms with van der Waals surface area (Å²) in [6.45, 7) is 3.45. The summed E-state index contributed by atoms with van der Waals surface area (Å²) in [7, 11) is 0. The molecule has 0 saturated carbocycles. The van der Waals surface area contributed by atoms with Crippen LogP contribution in [0.15, 0.2) is 42.6 Å². The summed E-state index contributed by atoms with van der Waals surface area (Å²) in [5, 5.41) is 0. The Morgan fingerprint density at radius 1 is 1.27 bits per heavy atom. The van der Waals surface area contributed by atoms with E-state index in [9.17, 15) is 8.78 Å². The zero-order chi connectivity index (χ0) is 15.5. The van der Waals surface area contributed by atoms with Gasteiger partial charge in [0.25, 0.3) is 0 Å². The highest BCUT2D eigenvalue weighted by molar-refractivity contribution is 5.22. The predicted molar refractivity (Wildman–Crippen MR) is 79.6 cm³/mol. The molecule has 1 aliphatic heterocycles. The first-order valence-corrected chi connectivity index (χ1v) is 7.40. The van der Waals surface area contributed by atoms with Crippen LogP contribution in [-0.4, -0.2) is 29.1 Å². The molecule has 0 radical (unpaired) electrons. The Bertz CT molecular complexity index is 636. The third-order valence-corrected chi connectivity index (χ3v) is 4.06. The maximum atomic E-state index is 13.9. The van der Waals surface area contributed by atoms with E-state index in [-0.39, 0.29) is 12.1 Å². The van der Waals surface area contributed by atoms with Gasteiger partial charge in [-0.25, -0.2) is 13.8 Å². The van der Waals surface area contributed by atoms with E-state index >= 15 is 0 Å². The van der Waals surface area contributed by atoms with Crippen molar-refractivity contribution in [3.63, 3.8) is 0 Å². The number of rotatable bonds is 4. The fraction of sp³-hybridized carbons (Fsp3) is 0.353. The molecule has 5 heteroatoms. The minimum Gasteiger partial charge on any atom is -0.473 e. The van der Waals surface area contributed by atoms with Crippen molar-refractivity contribution in [2.75, 3.05) is 13.1 Å². The second-order valence-corrected chi connectivity index (χ2v) is 5.53. The Morgan fingerprint density at radius 3 is 2.86 bits per heavy atom. The zero-order valence-corrected chi connectivity index (χ0v) is 12.4. The maximum absolute atomic E-state index is 13.9. The molecule has 2 atom stereocenters. The molecule has 116 valence electrons. The lowest BCUT2D eigenvalue weighted by Gasteiger charge is -2.25. The maximum Gasteiger partial charge on any atom is 0.213 e. The van der Waals surface area contributed by atoms with Crippen LogP contribution in [0.5, 0.6) is 5.88 Å². The average molecular weight is 304 g/mol. The van der Waals surface area contributed by atoms with Crippen molar-refractivity contribution in [2.24, 2.45) is 0 Å². The van der Waals surface area contributed by atoms with Crippen molar-refractivity contribution in [2.45, 2.75) is 25.5 Å².